The molecule has 0 saturated carbocycles. The second kappa shape index (κ2) is 8.30. The Kier molecular flexibility index (Phi) is 5.84. The van der Waals surface area contributed by atoms with Crippen LogP contribution in [0.5, 0.6) is 0 Å². The molecule has 0 aromatic heterocycles. The number of aromatic nitrogens is 4. The van der Waals surface area contributed by atoms with E-state index >= 15 is 0 Å². The summed E-state index contributed by atoms with van der Waals surface area (Å²) in [4.78, 5) is 45.7. The number of carbonyl (C=O) groups is 1. The Morgan fingerprint density at radius 1 is 1.18 bits per heavy atom. The number of hydrogen-bond donors (Lipinski definition) is 2. The number of esters is 1. The lowest BCUT2D eigenvalue weighted by atomic mass is 10.1. The van der Waals surface area contributed by atoms with E-state index in [1.54, 1.807) is 0 Å². The van der Waals surface area contributed by atoms with Crippen molar-refractivity contribution in [1.82, 2.24) is 24.8 Å². The van der Waals surface area contributed by atoms with Gasteiger partial charge in [0.15, 0.2) is 11.5 Å². The first-order valence-corrected chi connectivity index (χ1v) is 9.10. The van der Waals surface area contributed by atoms with Crippen molar-refractivity contribution >= 4 is 17.0 Å². The van der Waals surface area contributed by atoms with Crippen LogP contribution >= 0.6 is 0 Å². The number of hydrogen-bond acceptors (Lipinski definition) is 7. The van der Waals surface area contributed by atoms with E-state index in [9.17, 15) is 14.4 Å². The van der Waals surface area contributed by atoms with Crippen LogP contribution in [0.3, 0.4) is 0 Å². The number of methoxy groups -OCH3 is 1. The summed E-state index contributed by atoms with van der Waals surface area (Å²) in [5.41, 5.74) is 2.53. The van der Waals surface area contributed by atoms with Crippen LogP contribution in [0.2, 0.25) is 0 Å². The normalized spacial score (nSPS) is 11.2. The van der Waals surface area contributed by atoms with E-state index in [0.717, 1.165) is 16.6 Å². The second-order valence-electron chi connectivity index (χ2n) is 6.66. The Bertz CT molecular complexity index is 1100. The lowest BCUT2D eigenvalue weighted by molar-refractivity contribution is -0.140. The Balaban J connectivity index is 1.92. The van der Waals surface area contributed by atoms with Crippen LogP contribution in [0.15, 0.2) is 21.7 Å². The molecule has 2 N–H and O–H groups in total. The number of aryl methyl sites for hydroxylation is 2. The van der Waals surface area contributed by atoms with Crippen molar-refractivity contribution in [2.24, 2.45) is 0 Å². The molecule has 0 saturated heterocycles. The minimum atomic E-state index is -0.692. The predicted octanol–water partition coefficient (Wildman–Crippen LogP) is 0.744. The van der Waals surface area contributed by atoms with Crippen LogP contribution in [0.4, 0.5) is 0 Å². The summed E-state index contributed by atoms with van der Waals surface area (Å²) in [5.74, 6) is 0.0282. The van der Waals surface area contributed by atoms with Gasteiger partial charge in [-0.25, -0.2) is 9.78 Å². The quantitative estimate of drug-likeness (QED) is 0.350. The Morgan fingerprint density at radius 2 is 1.93 bits per heavy atom. The van der Waals surface area contributed by atoms with Crippen molar-refractivity contribution in [1.29, 1.82) is 0 Å². The molecule has 0 bridgehead atoms. The third-order valence-electron chi connectivity index (χ3n) is 4.70. The van der Waals surface area contributed by atoms with Crippen LogP contribution in [0.25, 0.3) is 22.6 Å². The van der Waals surface area contributed by atoms with E-state index < -0.39 is 11.2 Å². The second-order valence-corrected chi connectivity index (χ2v) is 6.66. The zero-order valence-corrected chi connectivity index (χ0v) is 16.2. The maximum atomic E-state index is 12.2. The molecule has 148 valence electrons. The minimum Gasteiger partial charge on any atom is -0.469 e. The van der Waals surface area contributed by atoms with Crippen molar-refractivity contribution in [2.45, 2.75) is 33.2 Å². The van der Waals surface area contributed by atoms with Gasteiger partial charge in [-0.3, -0.25) is 14.6 Å². The van der Waals surface area contributed by atoms with E-state index in [4.69, 9.17) is 0 Å². The molecule has 0 fully saturated rings. The van der Waals surface area contributed by atoms with Crippen molar-refractivity contribution in [3.8, 4) is 11.5 Å². The molecule has 0 unspecified atom stereocenters. The molecule has 2 aliphatic heterocycles. The average molecular weight is 385 g/mol. The summed E-state index contributed by atoms with van der Waals surface area (Å²) in [6.07, 6.45) is 1.02. The number of fused-ring (bicyclic) bond motifs is 2. The molecular formula is C19H23N5O4. The number of nitrogens with one attached hydrogen (secondary N) is 2. The Labute approximate surface area is 161 Å². The molecule has 0 atom stereocenters. The lowest BCUT2D eigenvalue weighted by Gasteiger charge is -2.18. The average Bonchev–Trinajstić information content (AvgIpc) is 2.65. The van der Waals surface area contributed by atoms with Gasteiger partial charge in [-0.2, -0.15) is 4.98 Å². The summed E-state index contributed by atoms with van der Waals surface area (Å²) in [6, 6.07) is 3.91. The van der Waals surface area contributed by atoms with E-state index in [-0.39, 0.29) is 17.5 Å². The van der Waals surface area contributed by atoms with Crippen molar-refractivity contribution in [2.75, 3.05) is 20.2 Å². The monoisotopic (exact) mass is 385 g/mol. The molecule has 2 heterocycles. The largest absolute Gasteiger partial charge is 0.469 e. The predicted molar refractivity (Wildman–Crippen MR) is 105 cm³/mol. The number of benzene rings is 1. The van der Waals surface area contributed by atoms with Gasteiger partial charge in [0.1, 0.15) is 0 Å². The molecular weight excluding hydrogens is 362 g/mol. The summed E-state index contributed by atoms with van der Waals surface area (Å²) in [5, 5.41) is 3.26. The van der Waals surface area contributed by atoms with Crippen molar-refractivity contribution in [3.05, 3.63) is 44.1 Å². The van der Waals surface area contributed by atoms with Gasteiger partial charge in [0, 0.05) is 19.5 Å². The number of nitrogens with zero attached hydrogens (tertiary/aromatic N) is 3. The maximum Gasteiger partial charge on any atom is 0.349 e. The number of H-pyrrole nitrogens is 1. The highest BCUT2D eigenvalue weighted by atomic mass is 16.5. The summed E-state index contributed by atoms with van der Waals surface area (Å²) in [6.45, 7) is 5.70. The Hall–Kier alpha value is -3.07. The van der Waals surface area contributed by atoms with Gasteiger partial charge < -0.3 is 14.6 Å². The molecule has 3 rings (SSSR count). The molecule has 28 heavy (non-hydrogen) atoms. The third kappa shape index (κ3) is 4.09. The molecule has 0 aliphatic carbocycles. The smallest absolute Gasteiger partial charge is 0.349 e. The summed E-state index contributed by atoms with van der Waals surface area (Å²) < 4.78 is 6.46. The van der Waals surface area contributed by atoms with Crippen molar-refractivity contribution < 1.29 is 9.53 Å². The van der Waals surface area contributed by atoms with Gasteiger partial charge >= 0.3 is 11.7 Å². The fourth-order valence-electron chi connectivity index (χ4n) is 3.05. The molecule has 1 aromatic carbocycles. The van der Waals surface area contributed by atoms with E-state index in [1.807, 2.05) is 30.5 Å². The first-order valence-electron chi connectivity index (χ1n) is 9.10. The SMILES string of the molecule is COC(=O)CCCNCCn1c2nc(=O)[nH]c(=O)c-2nc2cc(C)c(C)cc21. The first-order chi connectivity index (χ1) is 13.4. The number of aromatic amines is 1. The van der Waals surface area contributed by atoms with Crippen LogP contribution in [-0.2, 0) is 16.1 Å². The van der Waals surface area contributed by atoms with Gasteiger partial charge in [-0.1, -0.05) is 0 Å². The van der Waals surface area contributed by atoms with Gasteiger partial charge in [0.05, 0.1) is 18.1 Å². The van der Waals surface area contributed by atoms with E-state index in [1.165, 1.54) is 7.11 Å². The summed E-state index contributed by atoms with van der Waals surface area (Å²) in [7, 11) is 1.37. The lowest BCUT2D eigenvalue weighted by Crippen LogP contribution is -2.30. The van der Waals surface area contributed by atoms with Gasteiger partial charge in [-0.05, 0) is 50.1 Å². The maximum absolute atomic E-state index is 12.2. The standard InChI is InChI=1S/C19H23N5O4/c1-11-9-13-14(10-12(11)2)24(8-7-20-6-4-5-15(25)28-3)17-16(21-13)18(26)23-19(27)22-17/h9-10,20H,4-8H2,1-3H3,(H,23,26,27). The summed E-state index contributed by atoms with van der Waals surface area (Å²) >= 11 is 0. The highest BCUT2D eigenvalue weighted by Crippen LogP contribution is 2.23. The fourth-order valence-corrected chi connectivity index (χ4v) is 3.05. The van der Waals surface area contributed by atoms with Gasteiger partial charge in [0.2, 0.25) is 0 Å². The van der Waals surface area contributed by atoms with Crippen LogP contribution < -0.4 is 16.6 Å². The van der Waals surface area contributed by atoms with Crippen LogP contribution in [0, 0.1) is 13.8 Å². The Morgan fingerprint density at radius 3 is 2.68 bits per heavy atom. The minimum absolute atomic E-state index is 0.140. The number of ether oxygens (including phenoxy) is 1. The van der Waals surface area contributed by atoms with E-state index in [0.29, 0.717) is 38.0 Å². The topological polar surface area (TPSA) is 119 Å². The molecule has 0 spiro atoms. The fraction of sp³-hybridized carbons (Fsp3) is 0.421. The molecule has 9 heteroatoms. The number of rotatable bonds is 7. The van der Waals surface area contributed by atoms with Crippen LogP contribution in [0.1, 0.15) is 24.0 Å². The van der Waals surface area contributed by atoms with E-state index in [2.05, 4.69) is 25.0 Å². The third-order valence-corrected chi connectivity index (χ3v) is 4.70. The molecule has 9 nitrogen and oxygen atoms in total. The van der Waals surface area contributed by atoms with Gasteiger partial charge in [0.25, 0.3) is 5.56 Å². The highest BCUT2D eigenvalue weighted by Gasteiger charge is 2.18. The highest BCUT2D eigenvalue weighted by molar-refractivity contribution is 5.81. The molecule has 1 aromatic rings. The zero-order chi connectivity index (χ0) is 20.3. The van der Waals surface area contributed by atoms with Crippen LogP contribution in [-0.4, -0.2) is 45.7 Å². The molecule has 0 radical (unpaired) electrons. The number of carbonyl (C=O) groups excluding carboxylic acids is 1. The molecule has 2 aliphatic rings. The zero-order valence-electron chi connectivity index (χ0n) is 16.2. The first kappa shape index (κ1) is 19.7. The molecule has 0 amide bonds. The van der Waals surface area contributed by atoms with Gasteiger partial charge in [-0.15, -0.1) is 0 Å². The van der Waals surface area contributed by atoms with Crippen molar-refractivity contribution in [3.63, 3.8) is 0 Å².